The van der Waals surface area contributed by atoms with Gasteiger partial charge in [0, 0.05) is 23.6 Å². The number of nitrogens with zero attached hydrogens (tertiary/aromatic N) is 2. The van der Waals surface area contributed by atoms with Crippen molar-refractivity contribution in [3.05, 3.63) is 48.3 Å². The van der Waals surface area contributed by atoms with Crippen molar-refractivity contribution in [3.63, 3.8) is 0 Å². The average Bonchev–Trinajstić information content (AvgIpc) is 2.31. The first-order chi connectivity index (χ1) is 7.75. The Kier molecular flexibility index (Phi) is 2.77. The number of hydrogen-bond donors (Lipinski definition) is 2. The molecule has 0 radical (unpaired) electrons. The van der Waals surface area contributed by atoms with Crippen LogP contribution in [0.1, 0.15) is 10.4 Å². The Hall–Kier alpha value is -2.43. The first kappa shape index (κ1) is 10.1. The minimum absolute atomic E-state index is 0.442. The maximum atomic E-state index is 10.8. The van der Waals surface area contributed by atoms with Gasteiger partial charge in [0.15, 0.2) is 0 Å². The summed E-state index contributed by atoms with van der Waals surface area (Å²) in [4.78, 5) is 18.9. The molecule has 0 bridgehead atoms. The molecule has 1 aromatic carbocycles. The summed E-state index contributed by atoms with van der Waals surface area (Å²) in [5.41, 5.74) is 6.41. The number of primary amides is 1. The lowest BCUT2D eigenvalue weighted by molar-refractivity contribution is 0.100. The van der Waals surface area contributed by atoms with Gasteiger partial charge in [0.05, 0.1) is 0 Å². The number of anilines is 2. The van der Waals surface area contributed by atoms with Crippen LogP contribution in [0.3, 0.4) is 0 Å². The summed E-state index contributed by atoms with van der Waals surface area (Å²) in [5.74, 6) is 0.0665. The number of rotatable bonds is 3. The number of carbonyl (C=O) groups is 1. The van der Waals surface area contributed by atoms with E-state index in [1.54, 1.807) is 42.7 Å². The van der Waals surface area contributed by atoms with Crippen LogP contribution in [-0.2, 0) is 0 Å². The molecule has 0 atom stereocenters. The van der Waals surface area contributed by atoms with Crippen LogP contribution in [0.15, 0.2) is 42.7 Å². The third-order valence-electron chi connectivity index (χ3n) is 1.99. The highest BCUT2D eigenvalue weighted by atomic mass is 16.1. The summed E-state index contributed by atoms with van der Waals surface area (Å²) in [6.07, 6.45) is 3.29. The first-order valence-corrected chi connectivity index (χ1v) is 4.69. The van der Waals surface area contributed by atoms with Gasteiger partial charge in [-0.1, -0.05) is 0 Å². The van der Waals surface area contributed by atoms with Crippen LogP contribution in [0.2, 0.25) is 0 Å². The quantitative estimate of drug-likeness (QED) is 0.807. The molecule has 0 spiro atoms. The fourth-order valence-corrected chi connectivity index (χ4v) is 1.21. The Bertz CT molecular complexity index is 481. The fourth-order valence-electron chi connectivity index (χ4n) is 1.21. The standard InChI is InChI=1S/C11H10N4O/c12-10(16)8-2-4-9(5-3-8)15-11-13-6-1-7-14-11/h1-7H,(H2,12,16)(H,13,14,15). The molecule has 0 aliphatic rings. The minimum atomic E-state index is -0.442. The van der Waals surface area contributed by atoms with Crippen LogP contribution < -0.4 is 11.1 Å². The highest BCUT2D eigenvalue weighted by Gasteiger charge is 2.00. The van der Waals surface area contributed by atoms with Crippen molar-refractivity contribution in [2.24, 2.45) is 5.73 Å². The second-order valence-corrected chi connectivity index (χ2v) is 3.14. The predicted octanol–water partition coefficient (Wildman–Crippen LogP) is 1.32. The number of hydrogen-bond acceptors (Lipinski definition) is 4. The van der Waals surface area contributed by atoms with E-state index in [-0.39, 0.29) is 0 Å². The van der Waals surface area contributed by atoms with Crippen LogP contribution in [0.4, 0.5) is 11.6 Å². The fraction of sp³-hybridized carbons (Fsp3) is 0. The summed E-state index contributed by atoms with van der Waals surface area (Å²) in [6, 6.07) is 8.52. The Morgan fingerprint density at radius 1 is 1.12 bits per heavy atom. The maximum absolute atomic E-state index is 10.8. The average molecular weight is 214 g/mol. The zero-order valence-electron chi connectivity index (χ0n) is 8.42. The van der Waals surface area contributed by atoms with Gasteiger partial charge in [-0.25, -0.2) is 9.97 Å². The van der Waals surface area contributed by atoms with Gasteiger partial charge in [-0.2, -0.15) is 0 Å². The van der Waals surface area contributed by atoms with Crippen molar-refractivity contribution in [2.45, 2.75) is 0 Å². The molecule has 3 N–H and O–H groups in total. The second-order valence-electron chi connectivity index (χ2n) is 3.14. The Morgan fingerprint density at radius 3 is 2.31 bits per heavy atom. The summed E-state index contributed by atoms with van der Waals surface area (Å²) >= 11 is 0. The summed E-state index contributed by atoms with van der Waals surface area (Å²) in [7, 11) is 0. The van der Waals surface area contributed by atoms with Gasteiger partial charge in [0.1, 0.15) is 0 Å². The van der Waals surface area contributed by atoms with Gasteiger partial charge in [0.2, 0.25) is 11.9 Å². The van der Waals surface area contributed by atoms with Crippen molar-refractivity contribution >= 4 is 17.5 Å². The number of nitrogens with one attached hydrogen (secondary N) is 1. The van der Waals surface area contributed by atoms with Gasteiger partial charge in [-0.05, 0) is 30.3 Å². The molecule has 2 aromatic rings. The van der Waals surface area contributed by atoms with Crippen LogP contribution in [-0.4, -0.2) is 15.9 Å². The maximum Gasteiger partial charge on any atom is 0.248 e. The van der Waals surface area contributed by atoms with E-state index in [0.717, 1.165) is 5.69 Å². The van der Waals surface area contributed by atoms with Crippen molar-refractivity contribution in [1.82, 2.24) is 9.97 Å². The lowest BCUT2D eigenvalue weighted by Gasteiger charge is -2.04. The highest BCUT2D eigenvalue weighted by molar-refractivity contribution is 5.93. The molecule has 1 aromatic heterocycles. The molecular formula is C11H10N4O. The van der Waals surface area contributed by atoms with Gasteiger partial charge in [-0.3, -0.25) is 4.79 Å². The molecule has 0 fully saturated rings. The van der Waals surface area contributed by atoms with E-state index in [0.29, 0.717) is 11.5 Å². The Labute approximate surface area is 92.3 Å². The van der Waals surface area contributed by atoms with E-state index in [1.165, 1.54) is 0 Å². The molecule has 1 heterocycles. The lowest BCUT2D eigenvalue weighted by atomic mass is 10.2. The molecule has 1 amide bonds. The molecule has 0 unspecified atom stereocenters. The molecule has 2 rings (SSSR count). The van der Waals surface area contributed by atoms with Crippen LogP contribution >= 0.6 is 0 Å². The third-order valence-corrected chi connectivity index (χ3v) is 1.99. The predicted molar refractivity (Wildman–Crippen MR) is 60.3 cm³/mol. The summed E-state index contributed by atoms with van der Waals surface area (Å²) in [5, 5.41) is 3.00. The first-order valence-electron chi connectivity index (χ1n) is 4.69. The van der Waals surface area contributed by atoms with Crippen molar-refractivity contribution in [3.8, 4) is 0 Å². The zero-order chi connectivity index (χ0) is 11.4. The molecule has 5 heteroatoms. The number of aromatic nitrogens is 2. The zero-order valence-corrected chi connectivity index (χ0v) is 8.42. The molecule has 0 saturated heterocycles. The number of nitrogens with two attached hydrogens (primary N) is 1. The largest absolute Gasteiger partial charge is 0.366 e. The van der Waals surface area contributed by atoms with E-state index in [1.807, 2.05) is 0 Å². The van der Waals surface area contributed by atoms with Crippen LogP contribution in [0.25, 0.3) is 0 Å². The third kappa shape index (κ3) is 2.33. The van der Waals surface area contributed by atoms with E-state index in [2.05, 4.69) is 15.3 Å². The summed E-state index contributed by atoms with van der Waals surface area (Å²) < 4.78 is 0. The van der Waals surface area contributed by atoms with E-state index in [9.17, 15) is 4.79 Å². The summed E-state index contributed by atoms with van der Waals surface area (Å²) in [6.45, 7) is 0. The molecule has 0 aliphatic heterocycles. The van der Waals surface area contributed by atoms with Gasteiger partial charge >= 0.3 is 0 Å². The monoisotopic (exact) mass is 214 g/mol. The van der Waals surface area contributed by atoms with Crippen molar-refractivity contribution in [1.29, 1.82) is 0 Å². The van der Waals surface area contributed by atoms with Crippen LogP contribution in [0.5, 0.6) is 0 Å². The van der Waals surface area contributed by atoms with Crippen LogP contribution in [0, 0.1) is 0 Å². The van der Waals surface area contributed by atoms with E-state index >= 15 is 0 Å². The van der Waals surface area contributed by atoms with Gasteiger partial charge in [0.25, 0.3) is 0 Å². The molecule has 80 valence electrons. The topological polar surface area (TPSA) is 80.9 Å². The molecule has 0 aliphatic carbocycles. The Balaban J connectivity index is 2.14. The lowest BCUT2D eigenvalue weighted by Crippen LogP contribution is -2.10. The number of amides is 1. The highest BCUT2D eigenvalue weighted by Crippen LogP contribution is 2.12. The van der Waals surface area contributed by atoms with Gasteiger partial charge < -0.3 is 11.1 Å². The van der Waals surface area contributed by atoms with Crippen molar-refractivity contribution in [2.75, 3.05) is 5.32 Å². The second kappa shape index (κ2) is 4.39. The van der Waals surface area contributed by atoms with E-state index in [4.69, 9.17) is 5.73 Å². The molecule has 16 heavy (non-hydrogen) atoms. The smallest absolute Gasteiger partial charge is 0.248 e. The normalized spacial score (nSPS) is 9.75. The minimum Gasteiger partial charge on any atom is -0.366 e. The van der Waals surface area contributed by atoms with Crippen molar-refractivity contribution < 1.29 is 4.79 Å². The SMILES string of the molecule is NC(=O)c1ccc(Nc2ncccn2)cc1. The number of carbonyl (C=O) groups excluding carboxylic acids is 1. The number of benzene rings is 1. The molecular weight excluding hydrogens is 204 g/mol. The molecule has 5 nitrogen and oxygen atoms in total. The molecule has 0 saturated carbocycles. The Morgan fingerprint density at radius 2 is 1.75 bits per heavy atom. The van der Waals surface area contributed by atoms with E-state index < -0.39 is 5.91 Å². The van der Waals surface area contributed by atoms with Gasteiger partial charge in [-0.15, -0.1) is 0 Å².